The molecule has 4 heteroatoms. The van der Waals surface area contributed by atoms with Gasteiger partial charge >= 0.3 is 0 Å². The van der Waals surface area contributed by atoms with Crippen molar-refractivity contribution in [2.24, 2.45) is 5.73 Å². The van der Waals surface area contributed by atoms with Gasteiger partial charge < -0.3 is 5.73 Å². The highest BCUT2D eigenvalue weighted by Crippen LogP contribution is 2.37. The molecule has 0 saturated carbocycles. The van der Waals surface area contributed by atoms with Gasteiger partial charge in [0.15, 0.2) is 0 Å². The molecule has 0 unspecified atom stereocenters. The zero-order valence-electron chi connectivity index (χ0n) is 19.2. The SMILES string of the molecule is NC(=O)c1cc(P(c2ccccc2)c2ccccc2)cc(P(c2ccccc2)c2ccccc2)c1. The molecule has 0 aromatic heterocycles. The summed E-state index contributed by atoms with van der Waals surface area (Å²) in [6, 6.07) is 48.4. The lowest BCUT2D eigenvalue weighted by Crippen LogP contribution is -2.28. The first-order valence-electron chi connectivity index (χ1n) is 11.5. The first-order chi connectivity index (χ1) is 17.2. The monoisotopic (exact) mass is 489 g/mol. The number of amides is 1. The van der Waals surface area contributed by atoms with E-state index in [0.717, 1.165) is 10.6 Å². The molecule has 170 valence electrons. The molecule has 5 aromatic rings. The van der Waals surface area contributed by atoms with Crippen LogP contribution < -0.4 is 37.6 Å². The zero-order valence-corrected chi connectivity index (χ0v) is 20.9. The topological polar surface area (TPSA) is 43.1 Å². The van der Waals surface area contributed by atoms with E-state index in [4.69, 9.17) is 5.73 Å². The van der Waals surface area contributed by atoms with Gasteiger partial charge in [0.05, 0.1) is 0 Å². The molecule has 1 amide bonds. The van der Waals surface area contributed by atoms with Crippen molar-refractivity contribution in [2.45, 2.75) is 0 Å². The molecule has 0 saturated heterocycles. The maximum atomic E-state index is 12.5. The Morgan fingerprint density at radius 3 is 0.971 bits per heavy atom. The van der Waals surface area contributed by atoms with Crippen LogP contribution in [0.15, 0.2) is 140 Å². The minimum absolute atomic E-state index is 0.403. The highest BCUT2D eigenvalue weighted by molar-refractivity contribution is 7.81. The molecular weight excluding hydrogens is 464 g/mol. The van der Waals surface area contributed by atoms with Gasteiger partial charge in [0, 0.05) is 5.56 Å². The second-order valence-corrected chi connectivity index (χ2v) is 12.6. The standard InChI is InChI=1S/C31H25NOP2/c32-31(33)24-21-29(34(25-13-5-1-6-14-25)26-15-7-2-8-16-26)23-30(22-24)35(27-17-9-3-10-18-27)28-19-11-4-12-20-28/h1-23H,(H2,32,33). The average Bonchev–Trinajstić information content (AvgIpc) is 2.91. The summed E-state index contributed by atoms with van der Waals surface area (Å²) >= 11 is 0. The fourth-order valence-corrected chi connectivity index (χ4v) is 9.04. The maximum absolute atomic E-state index is 12.5. The molecular formula is C31H25NOP2. The Kier molecular flexibility index (Phi) is 7.15. The number of hydrogen-bond donors (Lipinski definition) is 1. The van der Waals surface area contributed by atoms with Crippen molar-refractivity contribution in [1.29, 1.82) is 0 Å². The van der Waals surface area contributed by atoms with E-state index >= 15 is 0 Å². The largest absolute Gasteiger partial charge is 0.366 e. The zero-order chi connectivity index (χ0) is 24.0. The number of nitrogens with two attached hydrogens (primary N) is 1. The Morgan fingerprint density at radius 2 is 0.714 bits per heavy atom. The Labute approximate surface area is 209 Å². The molecule has 0 aliphatic rings. The average molecular weight is 489 g/mol. The highest BCUT2D eigenvalue weighted by atomic mass is 31.1. The molecule has 0 radical (unpaired) electrons. The lowest BCUT2D eigenvalue weighted by molar-refractivity contribution is 0.100. The van der Waals surface area contributed by atoms with Crippen LogP contribution in [0.1, 0.15) is 10.4 Å². The number of carbonyl (C=O) groups excluding carboxylic acids is 1. The number of hydrogen-bond acceptors (Lipinski definition) is 1. The second kappa shape index (κ2) is 10.8. The van der Waals surface area contributed by atoms with Crippen LogP contribution >= 0.6 is 15.8 Å². The van der Waals surface area contributed by atoms with Crippen molar-refractivity contribution in [1.82, 2.24) is 0 Å². The molecule has 0 spiro atoms. The summed E-state index contributed by atoms with van der Waals surface area (Å²) in [5.41, 5.74) is 6.43. The van der Waals surface area contributed by atoms with Gasteiger partial charge in [0.25, 0.3) is 0 Å². The van der Waals surface area contributed by atoms with Crippen molar-refractivity contribution in [3.05, 3.63) is 145 Å². The van der Waals surface area contributed by atoms with Crippen LogP contribution in [-0.4, -0.2) is 5.91 Å². The van der Waals surface area contributed by atoms with E-state index < -0.39 is 21.8 Å². The van der Waals surface area contributed by atoms with Gasteiger partial charge in [-0.15, -0.1) is 0 Å². The van der Waals surface area contributed by atoms with E-state index in [0.29, 0.717) is 5.56 Å². The minimum atomic E-state index is -0.863. The van der Waals surface area contributed by atoms with E-state index in [9.17, 15) is 4.79 Å². The molecule has 2 N–H and O–H groups in total. The number of carbonyl (C=O) groups is 1. The fraction of sp³-hybridized carbons (Fsp3) is 0. The van der Waals surface area contributed by atoms with E-state index in [-0.39, 0.29) is 0 Å². The van der Waals surface area contributed by atoms with Crippen LogP contribution in [0.3, 0.4) is 0 Å². The highest BCUT2D eigenvalue weighted by Gasteiger charge is 2.23. The second-order valence-electron chi connectivity index (χ2n) is 8.12. The van der Waals surface area contributed by atoms with Crippen LogP contribution in [0.5, 0.6) is 0 Å². The molecule has 0 atom stereocenters. The summed E-state index contributed by atoms with van der Waals surface area (Å²) < 4.78 is 0. The molecule has 0 aliphatic carbocycles. The maximum Gasteiger partial charge on any atom is 0.248 e. The third-order valence-electron chi connectivity index (χ3n) is 5.76. The number of benzene rings is 5. The lowest BCUT2D eigenvalue weighted by atomic mass is 10.2. The van der Waals surface area contributed by atoms with Crippen molar-refractivity contribution >= 4 is 53.6 Å². The minimum Gasteiger partial charge on any atom is -0.366 e. The summed E-state index contributed by atoms with van der Waals surface area (Å²) in [5, 5.41) is 7.22. The van der Waals surface area contributed by atoms with Gasteiger partial charge in [-0.05, 0) is 65.9 Å². The van der Waals surface area contributed by atoms with Gasteiger partial charge in [-0.2, -0.15) is 0 Å². The Balaban J connectivity index is 1.74. The van der Waals surface area contributed by atoms with Crippen molar-refractivity contribution in [3.8, 4) is 0 Å². The molecule has 5 rings (SSSR count). The fourth-order valence-electron chi connectivity index (χ4n) is 4.20. The van der Waals surface area contributed by atoms with Gasteiger partial charge in [0.1, 0.15) is 0 Å². The molecule has 2 nitrogen and oxygen atoms in total. The summed E-state index contributed by atoms with van der Waals surface area (Å²) in [4.78, 5) is 12.5. The first kappa shape index (κ1) is 23.2. The summed E-state index contributed by atoms with van der Waals surface area (Å²) in [5.74, 6) is -0.403. The Morgan fingerprint density at radius 1 is 0.429 bits per heavy atom. The molecule has 35 heavy (non-hydrogen) atoms. The molecule has 0 aliphatic heterocycles. The van der Waals surface area contributed by atoms with E-state index in [1.54, 1.807) is 0 Å². The van der Waals surface area contributed by atoms with Crippen LogP contribution in [0, 0.1) is 0 Å². The van der Waals surface area contributed by atoms with Crippen LogP contribution in [0.2, 0.25) is 0 Å². The van der Waals surface area contributed by atoms with Gasteiger partial charge in [-0.25, -0.2) is 0 Å². The number of primary amides is 1. The van der Waals surface area contributed by atoms with E-state index in [2.05, 4.69) is 103 Å². The van der Waals surface area contributed by atoms with Crippen molar-refractivity contribution < 1.29 is 4.79 Å². The quantitative estimate of drug-likeness (QED) is 0.341. The normalized spacial score (nSPS) is 11.0. The lowest BCUT2D eigenvalue weighted by Gasteiger charge is -2.24. The van der Waals surface area contributed by atoms with E-state index in [1.165, 1.54) is 21.2 Å². The molecule has 5 aromatic carbocycles. The number of rotatable bonds is 7. The smallest absolute Gasteiger partial charge is 0.248 e. The predicted octanol–water partition coefficient (Wildman–Crippen LogP) is 4.30. The molecule has 0 heterocycles. The summed E-state index contributed by atoms with van der Waals surface area (Å²) in [6.45, 7) is 0. The third-order valence-corrected chi connectivity index (χ3v) is 10.6. The van der Waals surface area contributed by atoms with Crippen LogP contribution in [0.4, 0.5) is 0 Å². The van der Waals surface area contributed by atoms with Crippen LogP contribution in [-0.2, 0) is 0 Å². The van der Waals surface area contributed by atoms with Crippen LogP contribution in [0.25, 0.3) is 0 Å². The van der Waals surface area contributed by atoms with Gasteiger partial charge in [0.2, 0.25) is 5.91 Å². The van der Waals surface area contributed by atoms with E-state index in [1.807, 2.05) is 36.4 Å². The Bertz CT molecular complexity index is 1230. The molecule has 0 fully saturated rings. The summed E-state index contributed by atoms with van der Waals surface area (Å²) in [7, 11) is -1.73. The summed E-state index contributed by atoms with van der Waals surface area (Å²) in [6.07, 6.45) is 0. The molecule has 0 bridgehead atoms. The van der Waals surface area contributed by atoms with Crippen molar-refractivity contribution in [3.63, 3.8) is 0 Å². The van der Waals surface area contributed by atoms with Crippen molar-refractivity contribution in [2.75, 3.05) is 0 Å². The third kappa shape index (κ3) is 5.25. The Hall–Kier alpha value is -3.57. The first-order valence-corrected chi connectivity index (χ1v) is 14.1. The van der Waals surface area contributed by atoms with Gasteiger partial charge in [-0.1, -0.05) is 121 Å². The predicted molar refractivity (Wildman–Crippen MR) is 152 cm³/mol. The van der Waals surface area contributed by atoms with Gasteiger partial charge in [-0.3, -0.25) is 4.79 Å².